The fraction of sp³-hybridized carbons (Fsp3) is 0.200. The van der Waals surface area contributed by atoms with Gasteiger partial charge in [0.2, 0.25) is 5.91 Å². The van der Waals surface area contributed by atoms with Gasteiger partial charge in [0.05, 0.1) is 24.0 Å². The van der Waals surface area contributed by atoms with Gasteiger partial charge in [0.1, 0.15) is 10.4 Å². The quantitative estimate of drug-likeness (QED) is 0.395. The Hall–Kier alpha value is -3.99. The third-order valence-corrected chi connectivity index (χ3v) is 7.11. The molecule has 0 aliphatic carbocycles. The van der Waals surface area contributed by atoms with E-state index in [9.17, 15) is 19.1 Å². The molecule has 1 saturated heterocycles. The van der Waals surface area contributed by atoms with E-state index in [1.165, 1.54) is 17.0 Å². The molecule has 0 saturated carbocycles. The van der Waals surface area contributed by atoms with Crippen molar-refractivity contribution in [2.24, 2.45) is 0 Å². The smallest absolute Gasteiger partial charge is 0.407 e. The van der Waals surface area contributed by atoms with Crippen molar-refractivity contribution in [1.82, 2.24) is 19.3 Å². The third kappa shape index (κ3) is 3.76. The number of hydrogen-bond donors (Lipinski definition) is 2. The maximum atomic E-state index is 13.7. The van der Waals surface area contributed by atoms with Gasteiger partial charge in [0.15, 0.2) is 11.5 Å². The zero-order chi connectivity index (χ0) is 25.0. The van der Waals surface area contributed by atoms with Crippen LogP contribution in [0.2, 0.25) is 0 Å². The standard InChI is InChI=1S/C25H20BrFN6O3/c26-19-13-28-23(31-7-9-32(10-8-31)25(35)36)24-30-21(14-1-4-17(27)5-2-14)22(33(19)24)15-3-6-18-16(11-15)12-20(34)29-18/h1-6,11,13H,7-10,12H2,(H,29,34)(H,35,36). The van der Waals surface area contributed by atoms with Crippen molar-refractivity contribution < 1.29 is 19.1 Å². The number of carbonyl (C=O) groups is 2. The number of carboxylic acid groups (broad SMARTS) is 1. The van der Waals surface area contributed by atoms with Gasteiger partial charge < -0.3 is 20.2 Å². The number of halogens is 2. The van der Waals surface area contributed by atoms with Gasteiger partial charge in [-0.3, -0.25) is 9.20 Å². The minimum absolute atomic E-state index is 0.0489. The van der Waals surface area contributed by atoms with E-state index in [0.717, 1.165) is 28.1 Å². The summed E-state index contributed by atoms with van der Waals surface area (Å²) in [5.41, 5.74) is 5.29. The highest BCUT2D eigenvalue weighted by Crippen LogP contribution is 2.39. The van der Waals surface area contributed by atoms with Crippen LogP contribution in [0, 0.1) is 5.82 Å². The van der Waals surface area contributed by atoms with E-state index in [2.05, 4.69) is 26.2 Å². The minimum Gasteiger partial charge on any atom is -0.465 e. The summed E-state index contributed by atoms with van der Waals surface area (Å²) in [7, 11) is 0. The zero-order valence-electron chi connectivity index (χ0n) is 18.9. The van der Waals surface area contributed by atoms with Crippen LogP contribution in [-0.4, -0.2) is 62.6 Å². The second-order valence-electron chi connectivity index (χ2n) is 8.73. The lowest BCUT2D eigenvalue weighted by Crippen LogP contribution is -2.48. The van der Waals surface area contributed by atoms with Crippen LogP contribution < -0.4 is 10.2 Å². The van der Waals surface area contributed by atoms with Crippen LogP contribution >= 0.6 is 15.9 Å². The van der Waals surface area contributed by atoms with Crippen molar-refractivity contribution in [2.75, 3.05) is 36.4 Å². The lowest BCUT2D eigenvalue weighted by molar-refractivity contribution is -0.115. The molecule has 2 aromatic carbocycles. The highest BCUT2D eigenvalue weighted by molar-refractivity contribution is 9.10. The van der Waals surface area contributed by atoms with Crippen LogP contribution in [0.4, 0.5) is 20.7 Å². The normalized spacial score (nSPS) is 15.3. The minimum atomic E-state index is -0.935. The van der Waals surface area contributed by atoms with Crippen molar-refractivity contribution in [3.63, 3.8) is 0 Å². The Bertz CT molecular complexity index is 1530. The Balaban J connectivity index is 1.54. The zero-order valence-corrected chi connectivity index (χ0v) is 20.5. The fourth-order valence-electron chi connectivity index (χ4n) is 4.79. The topological polar surface area (TPSA) is 103 Å². The maximum Gasteiger partial charge on any atom is 0.407 e. The molecule has 2 amide bonds. The Morgan fingerprint density at radius 1 is 1.06 bits per heavy atom. The maximum absolute atomic E-state index is 13.7. The van der Waals surface area contributed by atoms with E-state index in [0.29, 0.717) is 54.4 Å². The molecule has 6 rings (SSSR count). The fourth-order valence-corrected chi connectivity index (χ4v) is 5.24. The Morgan fingerprint density at radius 3 is 2.50 bits per heavy atom. The summed E-state index contributed by atoms with van der Waals surface area (Å²) >= 11 is 3.63. The highest BCUT2D eigenvalue weighted by Gasteiger charge is 2.27. The molecule has 0 radical (unpaired) electrons. The second kappa shape index (κ2) is 8.59. The monoisotopic (exact) mass is 550 g/mol. The van der Waals surface area contributed by atoms with Gasteiger partial charge in [-0.2, -0.15) is 0 Å². The number of amides is 2. The van der Waals surface area contributed by atoms with Gasteiger partial charge in [0, 0.05) is 43.0 Å². The number of hydrogen-bond acceptors (Lipinski definition) is 5. The first-order valence-corrected chi connectivity index (χ1v) is 12.2. The average molecular weight is 551 g/mol. The van der Waals surface area contributed by atoms with Crippen LogP contribution in [0.15, 0.2) is 53.3 Å². The Morgan fingerprint density at radius 2 is 1.78 bits per heavy atom. The van der Waals surface area contributed by atoms with Crippen molar-refractivity contribution in [3.05, 3.63) is 64.6 Å². The molecule has 11 heteroatoms. The van der Waals surface area contributed by atoms with Crippen LogP contribution in [0.25, 0.3) is 28.2 Å². The molecule has 0 bridgehead atoms. The van der Waals surface area contributed by atoms with Crippen molar-refractivity contribution >= 4 is 45.1 Å². The molecular weight excluding hydrogens is 531 g/mol. The predicted molar refractivity (Wildman–Crippen MR) is 136 cm³/mol. The number of carbonyl (C=O) groups excluding carboxylic acids is 1. The molecule has 9 nitrogen and oxygen atoms in total. The molecule has 0 atom stereocenters. The first-order chi connectivity index (χ1) is 17.4. The molecule has 182 valence electrons. The number of piperazine rings is 1. The molecule has 4 heterocycles. The number of nitrogens with one attached hydrogen (secondary N) is 1. The van der Waals surface area contributed by atoms with E-state index in [-0.39, 0.29) is 11.7 Å². The van der Waals surface area contributed by atoms with E-state index < -0.39 is 6.09 Å². The van der Waals surface area contributed by atoms with E-state index >= 15 is 0 Å². The van der Waals surface area contributed by atoms with E-state index in [1.54, 1.807) is 18.3 Å². The van der Waals surface area contributed by atoms with Gasteiger partial charge in [-0.05, 0) is 57.9 Å². The van der Waals surface area contributed by atoms with Crippen LogP contribution in [0.5, 0.6) is 0 Å². The molecule has 1 fully saturated rings. The summed E-state index contributed by atoms with van der Waals surface area (Å²) in [4.78, 5) is 36.3. The lowest BCUT2D eigenvalue weighted by atomic mass is 10.0. The van der Waals surface area contributed by atoms with Crippen molar-refractivity contribution in [1.29, 1.82) is 0 Å². The van der Waals surface area contributed by atoms with Gasteiger partial charge in [-0.25, -0.2) is 19.2 Å². The number of rotatable bonds is 3. The summed E-state index contributed by atoms with van der Waals surface area (Å²) in [6.07, 6.45) is 1.06. The van der Waals surface area contributed by atoms with Crippen LogP contribution in [-0.2, 0) is 11.2 Å². The molecule has 2 aliphatic heterocycles. The summed E-state index contributed by atoms with van der Waals surface area (Å²) in [6, 6.07) is 11.9. The molecule has 2 N–H and O–H groups in total. The first kappa shape index (κ1) is 22.5. The van der Waals surface area contributed by atoms with Gasteiger partial charge in [-0.1, -0.05) is 6.07 Å². The van der Waals surface area contributed by atoms with Crippen LogP contribution in [0.1, 0.15) is 5.56 Å². The molecular formula is C25H20BrFN6O3. The summed E-state index contributed by atoms with van der Waals surface area (Å²) in [5.74, 6) is 0.245. The second-order valence-corrected chi connectivity index (χ2v) is 9.55. The van der Waals surface area contributed by atoms with E-state index in [4.69, 9.17) is 4.98 Å². The summed E-state index contributed by atoms with van der Waals surface area (Å²) in [6.45, 7) is 1.70. The van der Waals surface area contributed by atoms with Crippen molar-refractivity contribution in [3.8, 4) is 22.5 Å². The number of fused-ring (bicyclic) bond motifs is 2. The number of benzene rings is 2. The molecule has 2 aromatic heterocycles. The predicted octanol–water partition coefficient (Wildman–Crippen LogP) is 4.26. The third-order valence-electron chi connectivity index (χ3n) is 6.56. The van der Waals surface area contributed by atoms with Crippen LogP contribution in [0.3, 0.4) is 0 Å². The van der Waals surface area contributed by atoms with Gasteiger partial charge in [-0.15, -0.1) is 0 Å². The SMILES string of the molecule is O=C1Cc2cc(-c3c(-c4ccc(F)cc4)nc4c(N5CCN(C(=O)O)CC5)ncc(Br)n34)ccc2N1. The number of anilines is 2. The lowest BCUT2D eigenvalue weighted by Gasteiger charge is -2.33. The number of nitrogens with zero attached hydrogens (tertiary/aromatic N) is 5. The molecule has 36 heavy (non-hydrogen) atoms. The first-order valence-electron chi connectivity index (χ1n) is 11.4. The Kier molecular flexibility index (Phi) is 5.36. The highest BCUT2D eigenvalue weighted by atomic mass is 79.9. The van der Waals surface area contributed by atoms with Gasteiger partial charge in [0.25, 0.3) is 0 Å². The number of aromatic nitrogens is 3. The number of imidazole rings is 1. The summed E-state index contributed by atoms with van der Waals surface area (Å²) in [5, 5.41) is 12.2. The average Bonchev–Trinajstić information content (AvgIpc) is 3.45. The molecule has 2 aliphatic rings. The Labute approximate surface area is 213 Å². The molecule has 0 unspecified atom stereocenters. The largest absolute Gasteiger partial charge is 0.465 e. The summed E-state index contributed by atoms with van der Waals surface area (Å²) < 4.78 is 16.4. The van der Waals surface area contributed by atoms with Crippen molar-refractivity contribution in [2.45, 2.75) is 6.42 Å². The molecule has 0 spiro atoms. The van der Waals surface area contributed by atoms with E-state index in [1.807, 2.05) is 27.5 Å². The molecule has 4 aromatic rings. The van der Waals surface area contributed by atoms with Gasteiger partial charge >= 0.3 is 6.09 Å².